The summed E-state index contributed by atoms with van der Waals surface area (Å²) in [4.78, 5) is 18.8. The average molecular weight is 506 g/mol. The molecule has 0 N–H and O–H groups in total. The largest absolute Gasteiger partial charge is 0.619 e. The van der Waals surface area contributed by atoms with Crippen LogP contribution in [0.1, 0.15) is 5.69 Å². The zero-order chi connectivity index (χ0) is 25.5. The smallest absolute Gasteiger partial charge is 0.269 e. The summed E-state index contributed by atoms with van der Waals surface area (Å²) in [5, 5.41) is 17.2. The number of fused-ring (bicyclic) bond motifs is 1. The Morgan fingerprint density at radius 2 is 1.54 bits per heavy atom. The van der Waals surface area contributed by atoms with E-state index in [2.05, 4.69) is 5.10 Å². The van der Waals surface area contributed by atoms with Crippen LogP contribution in [0.2, 0.25) is 5.02 Å². The van der Waals surface area contributed by atoms with Crippen LogP contribution in [0, 0.1) is 12.1 Å². The van der Waals surface area contributed by atoms with Crippen molar-refractivity contribution in [3.63, 3.8) is 0 Å². The van der Waals surface area contributed by atoms with Crippen LogP contribution in [0.5, 0.6) is 0 Å². The number of pyridine rings is 1. The first-order chi connectivity index (χ1) is 18.0. The third-order valence-corrected chi connectivity index (χ3v) is 6.52. The molecule has 6 aromatic rings. The standard InChI is InChI=1S/C29H20ClN5O2/c1-19-17-22(15-16-33(19)37)20-7-9-21(10-8-20)27-32-28-26(18-31-35(28)25-5-3-2-4-6-25)29(36)34(27)24-13-11-23(30)12-14-24/h2-18H,1H3. The van der Waals surface area contributed by atoms with Gasteiger partial charge in [0, 0.05) is 29.6 Å². The minimum atomic E-state index is -0.229. The summed E-state index contributed by atoms with van der Waals surface area (Å²) in [5.74, 6) is 0.477. The van der Waals surface area contributed by atoms with Crippen LogP contribution in [0.25, 0.3) is 44.9 Å². The van der Waals surface area contributed by atoms with Gasteiger partial charge in [0.15, 0.2) is 17.5 Å². The lowest BCUT2D eigenvalue weighted by molar-refractivity contribution is -0.612. The fraction of sp³-hybridized carbons (Fsp3) is 0.0345. The molecule has 0 radical (unpaired) electrons. The van der Waals surface area contributed by atoms with Gasteiger partial charge in [-0.2, -0.15) is 9.83 Å². The highest BCUT2D eigenvalue weighted by Gasteiger charge is 2.19. The summed E-state index contributed by atoms with van der Waals surface area (Å²) in [7, 11) is 0. The number of benzene rings is 3. The van der Waals surface area contributed by atoms with Gasteiger partial charge in [0.25, 0.3) is 5.56 Å². The summed E-state index contributed by atoms with van der Waals surface area (Å²) < 4.78 is 4.08. The maximum absolute atomic E-state index is 13.8. The van der Waals surface area contributed by atoms with E-state index in [-0.39, 0.29) is 5.56 Å². The predicted octanol–water partition coefficient (Wildman–Crippen LogP) is 5.50. The van der Waals surface area contributed by atoms with Crippen molar-refractivity contribution in [3.8, 4) is 33.9 Å². The number of halogens is 1. The molecule has 0 bridgehead atoms. The highest BCUT2D eigenvalue weighted by Crippen LogP contribution is 2.27. The molecular formula is C29H20ClN5O2. The molecule has 6 rings (SSSR count). The first-order valence-corrected chi connectivity index (χ1v) is 12.0. The van der Waals surface area contributed by atoms with Gasteiger partial charge in [-0.3, -0.25) is 9.36 Å². The molecule has 0 atom stereocenters. The SMILES string of the molecule is Cc1cc(-c2ccc(-c3nc4c(cnn4-c4ccccc4)c(=O)n3-c3ccc(Cl)cc3)cc2)cc[n+]1[O-]. The summed E-state index contributed by atoms with van der Waals surface area (Å²) in [6, 6.07) is 28.0. The van der Waals surface area contributed by atoms with Gasteiger partial charge in [0.2, 0.25) is 0 Å². The average Bonchev–Trinajstić information content (AvgIpc) is 3.36. The lowest BCUT2D eigenvalue weighted by Gasteiger charge is -2.14. The monoisotopic (exact) mass is 505 g/mol. The Hall–Kier alpha value is -4.75. The van der Waals surface area contributed by atoms with E-state index >= 15 is 0 Å². The van der Waals surface area contributed by atoms with Crippen molar-refractivity contribution in [1.82, 2.24) is 19.3 Å². The Morgan fingerprint density at radius 1 is 0.838 bits per heavy atom. The van der Waals surface area contributed by atoms with E-state index in [0.717, 1.165) is 27.1 Å². The molecule has 37 heavy (non-hydrogen) atoms. The van der Waals surface area contributed by atoms with Crippen LogP contribution in [-0.2, 0) is 0 Å². The summed E-state index contributed by atoms with van der Waals surface area (Å²) in [5.41, 5.74) is 4.94. The molecule has 3 aromatic heterocycles. The van der Waals surface area contributed by atoms with Crippen LogP contribution in [0.3, 0.4) is 0 Å². The molecule has 0 unspecified atom stereocenters. The van der Waals surface area contributed by atoms with Crippen LogP contribution in [0.4, 0.5) is 0 Å². The van der Waals surface area contributed by atoms with Crippen molar-refractivity contribution in [3.05, 3.63) is 130 Å². The summed E-state index contributed by atoms with van der Waals surface area (Å²) >= 11 is 6.12. The van der Waals surface area contributed by atoms with E-state index in [1.807, 2.05) is 60.7 Å². The number of hydrogen-bond donors (Lipinski definition) is 0. The van der Waals surface area contributed by atoms with Gasteiger partial charge < -0.3 is 5.21 Å². The quantitative estimate of drug-likeness (QED) is 0.234. The maximum Gasteiger partial charge on any atom is 0.269 e. The van der Waals surface area contributed by atoms with Crippen molar-refractivity contribution in [2.24, 2.45) is 0 Å². The fourth-order valence-corrected chi connectivity index (χ4v) is 4.47. The van der Waals surface area contributed by atoms with Crippen LogP contribution in [-0.4, -0.2) is 19.3 Å². The van der Waals surface area contributed by atoms with E-state index < -0.39 is 0 Å². The van der Waals surface area contributed by atoms with Gasteiger partial charge in [0.1, 0.15) is 11.2 Å². The molecule has 0 spiro atoms. The van der Waals surface area contributed by atoms with E-state index in [9.17, 15) is 10.0 Å². The third-order valence-electron chi connectivity index (χ3n) is 6.26. The number of hydrogen-bond acceptors (Lipinski definition) is 4. The first-order valence-electron chi connectivity index (χ1n) is 11.6. The fourth-order valence-electron chi connectivity index (χ4n) is 4.34. The molecule has 0 aliphatic rings. The van der Waals surface area contributed by atoms with E-state index in [1.54, 1.807) is 52.7 Å². The second-order valence-electron chi connectivity index (χ2n) is 8.64. The number of aromatic nitrogens is 5. The highest BCUT2D eigenvalue weighted by molar-refractivity contribution is 6.30. The lowest BCUT2D eigenvalue weighted by Crippen LogP contribution is -2.28. The van der Waals surface area contributed by atoms with E-state index in [0.29, 0.717) is 33.3 Å². The van der Waals surface area contributed by atoms with Crippen molar-refractivity contribution in [1.29, 1.82) is 0 Å². The van der Waals surface area contributed by atoms with Crippen molar-refractivity contribution >= 4 is 22.6 Å². The minimum Gasteiger partial charge on any atom is -0.619 e. The summed E-state index contributed by atoms with van der Waals surface area (Å²) in [6.07, 6.45) is 3.05. The molecule has 0 fully saturated rings. The third kappa shape index (κ3) is 4.05. The Kier molecular flexibility index (Phi) is 5.54. The van der Waals surface area contributed by atoms with Crippen LogP contribution < -0.4 is 10.3 Å². The molecule has 180 valence electrons. The van der Waals surface area contributed by atoms with Gasteiger partial charge in [0.05, 0.1) is 17.6 Å². The van der Waals surface area contributed by atoms with Crippen molar-refractivity contribution < 1.29 is 4.73 Å². The van der Waals surface area contributed by atoms with Gasteiger partial charge >= 0.3 is 0 Å². The van der Waals surface area contributed by atoms with Crippen molar-refractivity contribution in [2.45, 2.75) is 6.92 Å². The number of aryl methyl sites for hydroxylation is 1. The molecule has 0 aliphatic heterocycles. The number of nitrogens with zero attached hydrogens (tertiary/aromatic N) is 5. The lowest BCUT2D eigenvalue weighted by atomic mass is 10.0. The Morgan fingerprint density at radius 3 is 2.24 bits per heavy atom. The molecule has 0 saturated heterocycles. The van der Waals surface area contributed by atoms with Gasteiger partial charge in [-0.25, -0.2) is 9.67 Å². The van der Waals surface area contributed by atoms with Gasteiger partial charge in [-0.15, -0.1) is 0 Å². The minimum absolute atomic E-state index is 0.229. The molecule has 0 amide bonds. The van der Waals surface area contributed by atoms with Crippen molar-refractivity contribution in [2.75, 3.05) is 0 Å². The Labute approximate surface area is 217 Å². The topological polar surface area (TPSA) is 79.7 Å². The van der Waals surface area contributed by atoms with Crippen LogP contribution in [0.15, 0.2) is 108 Å². The molecule has 0 aliphatic carbocycles. The van der Waals surface area contributed by atoms with Gasteiger partial charge in [-0.05, 0) is 47.5 Å². The zero-order valence-corrected chi connectivity index (χ0v) is 20.5. The van der Waals surface area contributed by atoms with E-state index in [1.165, 1.54) is 6.20 Å². The number of para-hydroxylation sites is 1. The molecule has 7 nitrogen and oxygen atoms in total. The molecule has 3 heterocycles. The molecular weight excluding hydrogens is 486 g/mol. The maximum atomic E-state index is 13.8. The second kappa shape index (κ2) is 9.04. The normalized spacial score (nSPS) is 11.2. The number of rotatable bonds is 4. The molecule has 0 saturated carbocycles. The zero-order valence-electron chi connectivity index (χ0n) is 19.7. The highest BCUT2D eigenvalue weighted by atomic mass is 35.5. The summed E-state index contributed by atoms with van der Waals surface area (Å²) in [6.45, 7) is 1.77. The molecule has 8 heteroatoms. The van der Waals surface area contributed by atoms with Gasteiger partial charge in [-0.1, -0.05) is 54.1 Å². The van der Waals surface area contributed by atoms with E-state index in [4.69, 9.17) is 16.6 Å². The predicted molar refractivity (Wildman–Crippen MR) is 144 cm³/mol. The molecule has 3 aromatic carbocycles. The Balaban J connectivity index is 1.56. The van der Waals surface area contributed by atoms with Crippen LogP contribution >= 0.6 is 11.6 Å². The Bertz CT molecular complexity index is 1810. The first kappa shape index (κ1) is 22.7. The second-order valence-corrected chi connectivity index (χ2v) is 9.08.